The Hall–Kier alpha value is -2.40. The maximum Gasteiger partial charge on any atom is 0.220 e. The topological polar surface area (TPSA) is 55.1 Å². The van der Waals surface area contributed by atoms with Gasteiger partial charge in [-0.15, -0.1) is 0 Å². The number of nitrogens with zero attached hydrogens (tertiary/aromatic N) is 1. The first kappa shape index (κ1) is 16.5. The highest BCUT2D eigenvalue weighted by Gasteiger charge is 2.06. The summed E-state index contributed by atoms with van der Waals surface area (Å²) in [4.78, 5) is 16.3. The molecule has 1 aromatic carbocycles. The number of aryl methyl sites for hydroxylation is 1. The molecule has 4 nitrogen and oxygen atoms in total. The lowest BCUT2D eigenvalue weighted by atomic mass is 10.1. The SMILES string of the molecule is O=C(CCc1ccccc1Br)NCc1ccc(-c2ccco2)nc1. The molecule has 2 aromatic heterocycles. The molecule has 5 heteroatoms. The van der Waals surface area contributed by atoms with E-state index in [1.54, 1.807) is 12.5 Å². The van der Waals surface area contributed by atoms with Crippen molar-refractivity contribution in [1.29, 1.82) is 0 Å². The van der Waals surface area contributed by atoms with Gasteiger partial charge in [0.1, 0.15) is 5.69 Å². The van der Waals surface area contributed by atoms with E-state index in [-0.39, 0.29) is 5.91 Å². The fraction of sp³-hybridized carbons (Fsp3) is 0.158. The lowest BCUT2D eigenvalue weighted by Crippen LogP contribution is -2.23. The minimum atomic E-state index is 0.0286. The minimum Gasteiger partial charge on any atom is -0.463 e. The summed E-state index contributed by atoms with van der Waals surface area (Å²) in [6, 6.07) is 15.5. The van der Waals surface area contributed by atoms with Crippen molar-refractivity contribution < 1.29 is 9.21 Å². The van der Waals surface area contributed by atoms with Crippen molar-refractivity contribution in [3.05, 3.63) is 76.6 Å². The van der Waals surface area contributed by atoms with E-state index in [9.17, 15) is 4.79 Å². The summed E-state index contributed by atoms with van der Waals surface area (Å²) >= 11 is 3.50. The number of hydrogen-bond donors (Lipinski definition) is 1. The van der Waals surface area contributed by atoms with E-state index in [2.05, 4.69) is 26.2 Å². The zero-order valence-electron chi connectivity index (χ0n) is 13.0. The second-order valence-electron chi connectivity index (χ2n) is 5.40. The van der Waals surface area contributed by atoms with Crippen LogP contribution in [0.1, 0.15) is 17.5 Å². The Labute approximate surface area is 149 Å². The molecule has 0 aliphatic carbocycles. The van der Waals surface area contributed by atoms with Gasteiger partial charge in [-0.1, -0.05) is 40.2 Å². The van der Waals surface area contributed by atoms with Crippen LogP contribution in [-0.2, 0) is 17.8 Å². The third kappa shape index (κ3) is 4.32. The van der Waals surface area contributed by atoms with Crippen molar-refractivity contribution in [2.24, 2.45) is 0 Å². The summed E-state index contributed by atoms with van der Waals surface area (Å²) in [6.07, 6.45) is 4.55. The minimum absolute atomic E-state index is 0.0286. The number of pyridine rings is 1. The Morgan fingerprint density at radius 1 is 1.12 bits per heavy atom. The predicted octanol–water partition coefficient (Wildman–Crippen LogP) is 4.35. The summed E-state index contributed by atoms with van der Waals surface area (Å²) in [5, 5.41) is 2.93. The van der Waals surface area contributed by atoms with Gasteiger partial charge in [-0.05, 0) is 41.8 Å². The number of halogens is 1. The van der Waals surface area contributed by atoms with Crippen LogP contribution < -0.4 is 5.32 Å². The van der Waals surface area contributed by atoms with Crippen LogP contribution >= 0.6 is 15.9 Å². The van der Waals surface area contributed by atoms with Crippen LogP contribution in [0.4, 0.5) is 0 Å². The fourth-order valence-electron chi connectivity index (χ4n) is 2.34. The first-order chi connectivity index (χ1) is 11.7. The van der Waals surface area contributed by atoms with Gasteiger partial charge in [0, 0.05) is 23.6 Å². The van der Waals surface area contributed by atoms with E-state index < -0.39 is 0 Å². The Kier molecular flexibility index (Phi) is 5.43. The number of nitrogens with one attached hydrogen (secondary N) is 1. The first-order valence-electron chi connectivity index (χ1n) is 7.71. The van der Waals surface area contributed by atoms with E-state index in [4.69, 9.17) is 4.42 Å². The van der Waals surface area contributed by atoms with Gasteiger partial charge < -0.3 is 9.73 Å². The first-order valence-corrected chi connectivity index (χ1v) is 8.50. The van der Waals surface area contributed by atoms with Crippen LogP contribution in [0.5, 0.6) is 0 Å². The lowest BCUT2D eigenvalue weighted by Gasteiger charge is -2.07. The van der Waals surface area contributed by atoms with E-state index in [1.165, 1.54) is 0 Å². The summed E-state index contributed by atoms with van der Waals surface area (Å²) < 4.78 is 6.34. The average molecular weight is 385 g/mol. The van der Waals surface area contributed by atoms with Crippen molar-refractivity contribution in [2.45, 2.75) is 19.4 Å². The summed E-state index contributed by atoms with van der Waals surface area (Å²) in [5.41, 5.74) is 2.88. The fourth-order valence-corrected chi connectivity index (χ4v) is 2.82. The predicted molar refractivity (Wildman–Crippen MR) is 96.2 cm³/mol. The van der Waals surface area contributed by atoms with Crippen LogP contribution in [0.15, 0.2) is 69.9 Å². The number of hydrogen-bond acceptors (Lipinski definition) is 3. The molecule has 2 heterocycles. The van der Waals surface area contributed by atoms with E-state index in [0.717, 1.165) is 27.1 Å². The maximum absolute atomic E-state index is 12.0. The molecule has 0 radical (unpaired) electrons. The van der Waals surface area contributed by atoms with Crippen LogP contribution in [0.2, 0.25) is 0 Å². The summed E-state index contributed by atoms with van der Waals surface area (Å²) in [5.74, 6) is 0.764. The number of rotatable bonds is 6. The van der Waals surface area contributed by atoms with Crippen molar-refractivity contribution in [1.82, 2.24) is 10.3 Å². The Morgan fingerprint density at radius 3 is 2.71 bits per heavy atom. The molecule has 0 aliphatic rings. The van der Waals surface area contributed by atoms with Gasteiger partial charge in [-0.25, -0.2) is 0 Å². The van der Waals surface area contributed by atoms with Crippen molar-refractivity contribution in [2.75, 3.05) is 0 Å². The van der Waals surface area contributed by atoms with Crippen LogP contribution in [-0.4, -0.2) is 10.9 Å². The molecular formula is C19H17BrN2O2. The van der Waals surface area contributed by atoms with Gasteiger partial charge in [0.25, 0.3) is 0 Å². The third-order valence-electron chi connectivity index (χ3n) is 3.67. The molecule has 0 spiro atoms. The van der Waals surface area contributed by atoms with Crippen molar-refractivity contribution >= 4 is 21.8 Å². The molecule has 3 rings (SSSR count). The summed E-state index contributed by atoms with van der Waals surface area (Å²) in [6.45, 7) is 0.472. The number of aromatic nitrogens is 1. The highest BCUT2D eigenvalue weighted by molar-refractivity contribution is 9.10. The van der Waals surface area contributed by atoms with Crippen LogP contribution in [0.25, 0.3) is 11.5 Å². The molecular weight excluding hydrogens is 368 g/mol. The highest BCUT2D eigenvalue weighted by atomic mass is 79.9. The van der Waals surface area contributed by atoms with E-state index >= 15 is 0 Å². The van der Waals surface area contributed by atoms with E-state index in [1.807, 2.05) is 48.5 Å². The highest BCUT2D eigenvalue weighted by Crippen LogP contribution is 2.18. The molecule has 0 saturated carbocycles. The summed E-state index contributed by atoms with van der Waals surface area (Å²) in [7, 11) is 0. The van der Waals surface area contributed by atoms with Crippen LogP contribution in [0.3, 0.4) is 0 Å². The molecule has 0 unspecified atom stereocenters. The zero-order chi connectivity index (χ0) is 16.8. The second kappa shape index (κ2) is 7.93. The van der Waals surface area contributed by atoms with Gasteiger partial charge in [0.15, 0.2) is 5.76 Å². The molecule has 0 atom stereocenters. The molecule has 1 amide bonds. The Bertz CT molecular complexity index is 798. The molecule has 3 aromatic rings. The monoisotopic (exact) mass is 384 g/mol. The molecule has 0 fully saturated rings. The third-order valence-corrected chi connectivity index (χ3v) is 4.44. The van der Waals surface area contributed by atoms with Crippen molar-refractivity contribution in [3.63, 3.8) is 0 Å². The van der Waals surface area contributed by atoms with Gasteiger partial charge in [0.2, 0.25) is 5.91 Å². The molecule has 122 valence electrons. The number of furan rings is 1. The molecule has 0 saturated heterocycles. The van der Waals surface area contributed by atoms with E-state index in [0.29, 0.717) is 19.4 Å². The van der Waals surface area contributed by atoms with Gasteiger partial charge in [-0.2, -0.15) is 0 Å². The second-order valence-corrected chi connectivity index (χ2v) is 6.25. The van der Waals surface area contributed by atoms with Gasteiger partial charge in [-0.3, -0.25) is 9.78 Å². The number of benzene rings is 1. The quantitative estimate of drug-likeness (QED) is 0.686. The Balaban J connectivity index is 1.48. The van der Waals surface area contributed by atoms with Gasteiger partial charge in [0.05, 0.1) is 6.26 Å². The largest absolute Gasteiger partial charge is 0.463 e. The Morgan fingerprint density at radius 2 is 2.00 bits per heavy atom. The standard InChI is InChI=1S/C19H17BrN2O2/c20-16-5-2-1-4-15(16)8-10-19(23)22-13-14-7-9-17(21-12-14)18-6-3-11-24-18/h1-7,9,11-12H,8,10,13H2,(H,22,23). The van der Waals surface area contributed by atoms with Crippen LogP contribution in [0, 0.1) is 0 Å². The normalized spacial score (nSPS) is 10.5. The zero-order valence-corrected chi connectivity index (χ0v) is 14.6. The number of amides is 1. The smallest absolute Gasteiger partial charge is 0.220 e. The lowest BCUT2D eigenvalue weighted by molar-refractivity contribution is -0.121. The molecule has 0 bridgehead atoms. The number of carbonyl (C=O) groups excluding carboxylic acids is 1. The molecule has 24 heavy (non-hydrogen) atoms. The maximum atomic E-state index is 12.0. The van der Waals surface area contributed by atoms with Crippen molar-refractivity contribution in [3.8, 4) is 11.5 Å². The average Bonchev–Trinajstić information content (AvgIpc) is 3.14. The van der Waals surface area contributed by atoms with Gasteiger partial charge >= 0.3 is 0 Å². The molecule has 1 N–H and O–H groups in total. The molecule has 0 aliphatic heterocycles. The number of carbonyl (C=O) groups is 1.